The third kappa shape index (κ3) is 4.28. The average Bonchev–Trinajstić information content (AvgIpc) is 3.07. The second-order valence-corrected chi connectivity index (χ2v) is 7.05. The van der Waals surface area contributed by atoms with Crippen molar-refractivity contribution in [3.05, 3.63) is 51.8 Å². The summed E-state index contributed by atoms with van der Waals surface area (Å²) in [6.07, 6.45) is 1.88. The molecule has 2 aromatic heterocycles. The fourth-order valence-corrected chi connectivity index (χ4v) is 3.06. The molecule has 0 atom stereocenters. The van der Waals surface area contributed by atoms with E-state index in [-0.39, 0.29) is 18.8 Å². The molecule has 0 fully saturated rings. The standard InChI is InChI=1S/C18H17ClN4O3S/c1-10-14(11(2)23-17(20-10)21-18(22-23)27-3)8-16(25)26-9-15(24)12-4-6-13(19)7-5-12/h4-7H,8-9H2,1-3H3. The van der Waals surface area contributed by atoms with Crippen LogP contribution in [0.1, 0.15) is 27.3 Å². The zero-order valence-electron chi connectivity index (χ0n) is 15.0. The minimum atomic E-state index is -0.505. The number of ether oxygens (including phenoxy) is 1. The SMILES string of the molecule is CSc1nc2nc(C)c(CC(=O)OCC(=O)c3ccc(Cl)cc3)c(C)n2n1. The third-order valence-electron chi connectivity index (χ3n) is 4.06. The zero-order valence-corrected chi connectivity index (χ0v) is 16.6. The van der Waals surface area contributed by atoms with E-state index in [9.17, 15) is 9.59 Å². The van der Waals surface area contributed by atoms with Crippen molar-refractivity contribution in [1.82, 2.24) is 19.6 Å². The summed E-state index contributed by atoms with van der Waals surface area (Å²) in [4.78, 5) is 33.0. The second-order valence-electron chi connectivity index (χ2n) is 5.84. The number of rotatable bonds is 6. The second kappa shape index (κ2) is 8.06. The highest BCUT2D eigenvalue weighted by Crippen LogP contribution is 2.17. The smallest absolute Gasteiger partial charge is 0.310 e. The van der Waals surface area contributed by atoms with Crippen LogP contribution in [0.5, 0.6) is 0 Å². The monoisotopic (exact) mass is 404 g/mol. The van der Waals surface area contributed by atoms with Crippen molar-refractivity contribution in [2.24, 2.45) is 0 Å². The first-order chi connectivity index (χ1) is 12.9. The topological polar surface area (TPSA) is 86.5 Å². The molecular formula is C18H17ClN4O3S. The van der Waals surface area contributed by atoms with Crippen LogP contribution in [-0.4, -0.2) is 44.2 Å². The maximum Gasteiger partial charge on any atom is 0.310 e. The molecule has 0 aliphatic rings. The van der Waals surface area contributed by atoms with Gasteiger partial charge in [-0.15, -0.1) is 5.10 Å². The first kappa shape index (κ1) is 19.3. The summed E-state index contributed by atoms with van der Waals surface area (Å²) in [5.74, 6) is -0.304. The average molecular weight is 405 g/mol. The van der Waals surface area contributed by atoms with E-state index in [0.29, 0.717) is 32.8 Å². The van der Waals surface area contributed by atoms with Gasteiger partial charge in [-0.05, 0) is 44.4 Å². The Hall–Kier alpha value is -2.45. The van der Waals surface area contributed by atoms with Crippen LogP contribution in [0.4, 0.5) is 0 Å². The van der Waals surface area contributed by atoms with E-state index in [0.717, 1.165) is 5.69 Å². The number of esters is 1. The van der Waals surface area contributed by atoms with E-state index in [2.05, 4.69) is 15.1 Å². The van der Waals surface area contributed by atoms with E-state index in [1.165, 1.54) is 11.8 Å². The van der Waals surface area contributed by atoms with Crippen molar-refractivity contribution in [3.8, 4) is 0 Å². The number of halogens is 1. The molecule has 0 N–H and O–H groups in total. The quantitative estimate of drug-likeness (QED) is 0.354. The van der Waals surface area contributed by atoms with Gasteiger partial charge in [0.2, 0.25) is 5.16 Å². The van der Waals surface area contributed by atoms with Crippen LogP contribution in [0.25, 0.3) is 5.78 Å². The molecule has 0 radical (unpaired) electrons. The van der Waals surface area contributed by atoms with Gasteiger partial charge in [0, 0.05) is 27.5 Å². The lowest BCUT2D eigenvalue weighted by molar-refractivity contribution is -0.141. The first-order valence-electron chi connectivity index (χ1n) is 8.10. The Kier molecular flexibility index (Phi) is 5.76. The fourth-order valence-electron chi connectivity index (χ4n) is 2.59. The molecule has 0 aliphatic carbocycles. The first-order valence-corrected chi connectivity index (χ1v) is 9.70. The molecule has 27 heavy (non-hydrogen) atoms. The highest BCUT2D eigenvalue weighted by atomic mass is 35.5. The summed E-state index contributed by atoms with van der Waals surface area (Å²) in [6.45, 7) is 3.33. The fraction of sp³-hybridized carbons (Fsp3) is 0.278. The molecule has 0 spiro atoms. The predicted molar refractivity (Wildman–Crippen MR) is 102 cm³/mol. The number of aromatic nitrogens is 4. The van der Waals surface area contributed by atoms with E-state index in [4.69, 9.17) is 16.3 Å². The number of Topliss-reactive ketones (excluding diaryl/α,β-unsaturated/α-hetero) is 1. The zero-order chi connectivity index (χ0) is 19.6. The molecule has 3 rings (SSSR count). The Morgan fingerprint density at radius 1 is 1.19 bits per heavy atom. The molecule has 3 aromatic rings. The van der Waals surface area contributed by atoms with Crippen molar-refractivity contribution in [2.75, 3.05) is 12.9 Å². The van der Waals surface area contributed by atoms with E-state index in [1.807, 2.05) is 20.1 Å². The normalized spacial score (nSPS) is 11.0. The Balaban J connectivity index is 1.70. The van der Waals surface area contributed by atoms with Gasteiger partial charge in [-0.3, -0.25) is 9.59 Å². The van der Waals surface area contributed by atoms with Crippen LogP contribution < -0.4 is 0 Å². The molecule has 140 valence electrons. The molecule has 2 heterocycles. The van der Waals surface area contributed by atoms with Crippen LogP contribution in [0.3, 0.4) is 0 Å². The van der Waals surface area contributed by atoms with Crippen LogP contribution in [0.15, 0.2) is 29.4 Å². The Bertz CT molecular complexity index is 1020. The lowest BCUT2D eigenvalue weighted by Crippen LogP contribution is -2.17. The van der Waals surface area contributed by atoms with Gasteiger partial charge in [-0.25, -0.2) is 9.50 Å². The number of carbonyl (C=O) groups is 2. The minimum Gasteiger partial charge on any atom is -0.457 e. The van der Waals surface area contributed by atoms with Crippen molar-refractivity contribution in [3.63, 3.8) is 0 Å². The molecule has 0 bridgehead atoms. The van der Waals surface area contributed by atoms with Crippen LogP contribution >= 0.6 is 23.4 Å². The summed E-state index contributed by atoms with van der Waals surface area (Å²) in [7, 11) is 0. The van der Waals surface area contributed by atoms with Crippen LogP contribution in [0.2, 0.25) is 5.02 Å². The molecule has 0 saturated heterocycles. The summed E-state index contributed by atoms with van der Waals surface area (Å²) in [5.41, 5.74) is 2.60. The number of fused-ring (bicyclic) bond motifs is 1. The summed E-state index contributed by atoms with van der Waals surface area (Å²) < 4.78 is 6.75. The number of thioether (sulfide) groups is 1. The number of carbonyl (C=O) groups excluding carboxylic acids is 2. The van der Waals surface area contributed by atoms with Gasteiger partial charge in [-0.2, -0.15) is 4.98 Å². The molecule has 0 aliphatic heterocycles. The van der Waals surface area contributed by atoms with Crippen molar-refractivity contribution >= 4 is 40.9 Å². The largest absolute Gasteiger partial charge is 0.457 e. The Morgan fingerprint density at radius 3 is 2.56 bits per heavy atom. The number of aryl methyl sites for hydroxylation is 2. The molecule has 0 amide bonds. The number of nitrogens with zero attached hydrogens (tertiary/aromatic N) is 4. The van der Waals surface area contributed by atoms with E-state index >= 15 is 0 Å². The van der Waals surface area contributed by atoms with Gasteiger partial charge in [0.1, 0.15) is 0 Å². The lowest BCUT2D eigenvalue weighted by atomic mass is 10.1. The number of ketones is 1. The predicted octanol–water partition coefficient (Wildman–Crippen LogP) is 3.09. The highest BCUT2D eigenvalue weighted by Gasteiger charge is 2.17. The number of benzene rings is 1. The van der Waals surface area contributed by atoms with Crippen molar-refractivity contribution < 1.29 is 14.3 Å². The summed E-state index contributed by atoms with van der Waals surface area (Å²) in [5, 5.41) is 5.50. The summed E-state index contributed by atoms with van der Waals surface area (Å²) >= 11 is 7.22. The minimum absolute atomic E-state index is 0.00294. The van der Waals surface area contributed by atoms with Crippen molar-refractivity contribution in [2.45, 2.75) is 25.4 Å². The van der Waals surface area contributed by atoms with E-state index < -0.39 is 5.97 Å². The molecule has 0 saturated carbocycles. The van der Waals surface area contributed by atoms with Gasteiger partial charge in [0.05, 0.1) is 6.42 Å². The van der Waals surface area contributed by atoms with Gasteiger partial charge >= 0.3 is 5.97 Å². The Labute approximate surface area is 165 Å². The van der Waals surface area contributed by atoms with Crippen LogP contribution in [-0.2, 0) is 16.0 Å². The summed E-state index contributed by atoms with van der Waals surface area (Å²) in [6, 6.07) is 6.42. The highest BCUT2D eigenvalue weighted by molar-refractivity contribution is 7.98. The molecule has 9 heteroatoms. The maximum atomic E-state index is 12.2. The van der Waals surface area contributed by atoms with Gasteiger partial charge < -0.3 is 4.74 Å². The van der Waals surface area contributed by atoms with Crippen molar-refractivity contribution in [1.29, 1.82) is 0 Å². The molecule has 0 unspecified atom stereocenters. The van der Waals surface area contributed by atoms with Crippen LogP contribution in [0, 0.1) is 13.8 Å². The van der Waals surface area contributed by atoms with Gasteiger partial charge in [0.15, 0.2) is 12.4 Å². The number of hydrogen-bond donors (Lipinski definition) is 0. The molecule has 7 nitrogen and oxygen atoms in total. The Morgan fingerprint density at radius 2 is 1.89 bits per heavy atom. The van der Waals surface area contributed by atoms with Gasteiger partial charge in [0.25, 0.3) is 5.78 Å². The third-order valence-corrected chi connectivity index (χ3v) is 4.85. The number of hydrogen-bond acceptors (Lipinski definition) is 7. The molecule has 1 aromatic carbocycles. The lowest BCUT2D eigenvalue weighted by Gasteiger charge is -2.10. The van der Waals surface area contributed by atoms with E-state index in [1.54, 1.807) is 28.8 Å². The molecular weight excluding hydrogens is 388 g/mol. The maximum absolute atomic E-state index is 12.2. The van der Waals surface area contributed by atoms with Gasteiger partial charge in [-0.1, -0.05) is 23.4 Å².